The summed E-state index contributed by atoms with van der Waals surface area (Å²) in [6.07, 6.45) is 10.5. The van der Waals surface area contributed by atoms with Crippen molar-refractivity contribution in [3.05, 3.63) is 45.1 Å². The highest BCUT2D eigenvalue weighted by atomic mass is 28.3. The molecule has 2 heteroatoms. The van der Waals surface area contributed by atoms with Crippen molar-refractivity contribution in [3.63, 3.8) is 0 Å². The van der Waals surface area contributed by atoms with E-state index >= 15 is 0 Å². The van der Waals surface area contributed by atoms with Gasteiger partial charge in [0.1, 0.15) is 16.1 Å². The van der Waals surface area contributed by atoms with Gasteiger partial charge < -0.3 is 0 Å². The lowest BCUT2D eigenvalue weighted by molar-refractivity contribution is 0.230. The molecule has 1 aliphatic heterocycles. The van der Waals surface area contributed by atoms with Gasteiger partial charge in [0, 0.05) is 0 Å². The van der Waals surface area contributed by atoms with Gasteiger partial charge in [0.05, 0.1) is 0 Å². The minimum absolute atomic E-state index is 0.361. The summed E-state index contributed by atoms with van der Waals surface area (Å²) in [6.45, 7) is 24.9. The van der Waals surface area contributed by atoms with E-state index in [0.29, 0.717) is 23.2 Å². The largest absolute Gasteiger partial charge is 0.111 e. The normalized spacial score (nSPS) is 31.0. The second-order valence-corrected chi connectivity index (χ2v) is 19.8. The third kappa shape index (κ3) is 2.75. The van der Waals surface area contributed by atoms with E-state index in [-0.39, 0.29) is 0 Å². The molecule has 0 nitrogen and oxygen atoms in total. The molecule has 2 unspecified atom stereocenters. The molecule has 0 saturated carbocycles. The van der Waals surface area contributed by atoms with Crippen molar-refractivity contribution in [1.82, 2.24) is 0 Å². The molecule has 3 aliphatic rings. The minimum Gasteiger partial charge on any atom is -0.0778 e. The number of fused-ring (bicyclic) bond motifs is 1. The zero-order chi connectivity index (χ0) is 18.9. The zero-order valence-electron chi connectivity index (χ0n) is 18.1. The summed E-state index contributed by atoms with van der Waals surface area (Å²) in [5, 5.41) is 7.26. The fourth-order valence-corrected chi connectivity index (χ4v) is 15.7. The molecular formula is C23H38Si2. The van der Waals surface area contributed by atoms with Crippen LogP contribution in [-0.4, -0.2) is 16.1 Å². The summed E-state index contributed by atoms with van der Waals surface area (Å²) in [5.41, 5.74) is 0.361. The first-order valence-electron chi connectivity index (χ1n) is 10.2. The summed E-state index contributed by atoms with van der Waals surface area (Å²) in [6, 6.07) is 0. The topological polar surface area (TPSA) is 0 Å². The van der Waals surface area contributed by atoms with Crippen molar-refractivity contribution in [2.75, 3.05) is 0 Å². The summed E-state index contributed by atoms with van der Waals surface area (Å²) >= 11 is 0. The van der Waals surface area contributed by atoms with Gasteiger partial charge in [-0.3, -0.25) is 0 Å². The van der Waals surface area contributed by atoms with E-state index in [1.54, 1.807) is 15.6 Å². The van der Waals surface area contributed by atoms with Gasteiger partial charge in [-0.1, -0.05) is 113 Å². The van der Waals surface area contributed by atoms with Gasteiger partial charge >= 0.3 is 0 Å². The number of hydrogen-bond acceptors (Lipinski definition) is 0. The van der Waals surface area contributed by atoms with Crippen LogP contribution in [0.2, 0.25) is 26.2 Å². The summed E-state index contributed by atoms with van der Waals surface area (Å²) in [5.74, 6) is 2.73. The van der Waals surface area contributed by atoms with E-state index < -0.39 is 16.1 Å². The Morgan fingerprint density at radius 1 is 0.880 bits per heavy atom. The molecule has 0 spiro atoms. The van der Waals surface area contributed by atoms with Crippen LogP contribution in [-0.2, 0) is 0 Å². The quantitative estimate of drug-likeness (QED) is 0.465. The van der Waals surface area contributed by atoms with Crippen molar-refractivity contribution in [2.24, 2.45) is 29.1 Å². The van der Waals surface area contributed by atoms with Crippen LogP contribution in [0, 0.1) is 29.1 Å². The molecule has 3 atom stereocenters. The Hall–Kier alpha value is -0.606. The van der Waals surface area contributed by atoms with Gasteiger partial charge in [-0.2, -0.15) is 0 Å². The Labute approximate surface area is 158 Å². The molecule has 2 aliphatic carbocycles. The van der Waals surface area contributed by atoms with Crippen LogP contribution in [0.3, 0.4) is 0 Å². The average molecular weight is 371 g/mol. The van der Waals surface area contributed by atoms with Crippen LogP contribution in [0.4, 0.5) is 0 Å². The summed E-state index contributed by atoms with van der Waals surface area (Å²) < 4.78 is 0. The van der Waals surface area contributed by atoms with Crippen molar-refractivity contribution >= 4 is 16.1 Å². The fraction of sp³-hybridized carbons (Fsp3) is 0.652. The lowest BCUT2D eigenvalue weighted by Gasteiger charge is -2.44. The van der Waals surface area contributed by atoms with Crippen LogP contribution < -0.4 is 0 Å². The highest BCUT2D eigenvalue weighted by Gasteiger charge is 2.52. The highest BCUT2D eigenvalue weighted by Crippen LogP contribution is 2.54. The van der Waals surface area contributed by atoms with E-state index in [1.165, 1.54) is 0 Å². The Morgan fingerprint density at radius 2 is 1.40 bits per heavy atom. The van der Waals surface area contributed by atoms with Gasteiger partial charge in [0.2, 0.25) is 0 Å². The van der Waals surface area contributed by atoms with Gasteiger partial charge in [-0.15, -0.1) is 0 Å². The van der Waals surface area contributed by atoms with Crippen molar-refractivity contribution in [1.29, 1.82) is 0 Å². The van der Waals surface area contributed by atoms with Gasteiger partial charge in [-0.05, 0) is 29.1 Å². The maximum absolute atomic E-state index is 2.71. The maximum Gasteiger partial charge on any atom is 0.111 e. The van der Waals surface area contributed by atoms with Crippen LogP contribution >= 0.6 is 0 Å². The highest BCUT2D eigenvalue weighted by molar-refractivity contribution is 7.04. The molecular weight excluding hydrogens is 332 g/mol. The molecule has 0 bridgehead atoms. The maximum atomic E-state index is 2.71. The predicted molar refractivity (Wildman–Crippen MR) is 118 cm³/mol. The third-order valence-electron chi connectivity index (χ3n) is 7.46. The second-order valence-electron chi connectivity index (χ2n) is 11.1. The van der Waals surface area contributed by atoms with E-state index in [0.717, 1.165) is 5.92 Å². The molecule has 25 heavy (non-hydrogen) atoms. The Balaban J connectivity index is 2.14. The minimum atomic E-state index is -1.57. The number of hydrogen-bond donors (Lipinski definition) is 0. The molecule has 0 aromatic carbocycles. The Kier molecular flexibility index (Phi) is 4.36. The Bertz CT molecular complexity index is 705. The van der Waals surface area contributed by atoms with Crippen molar-refractivity contribution in [3.8, 4) is 0 Å². The summed E-state index contributed by atoms with van der Waals surface area (Å²) in [7, 11) is -3.12. The van der Waals surface area contributed by atoms with Gasteiger partial charge in [0.25, 0.3) is 0 Å². The van der Waals surface area contributed by atoms with E-state index in [1.807, 2.05) is 5.20 Å². The van der Waals surface area contributed by atoms with E-state index in [9.17, 15) is 0 Å². The fourth-order valence-electron chi connectivity index (χ4n) is 5.28. The van der Waals surface area contributed by atoms with Crippen molar-refractivity contribution in [2.45, 2.75) is 67.7 Å². The van der Waals surface area contributed by atoms with Crippen molar-refractivity contribution < 1.29 is 0 Å². The molecule has 0 saturated heterocycles. The van der Waals surface area contributed by atoms with Crippen LogP contribution in [0.25, 0.3) is 0 Å². The first-order chi connectivity index (χ1) is 11.3. The monoisotopic (exact) mass is 370 g/mol. The molecule has 0 aromatic heterocycles. The van der Waals surface area contributed by atoms with Gasteiger partial charge in [0.15, 0.2) is 0 Å². The van der Waals surface area contributed by atoms with E-state index in [4.69, 9.17) is 0 Å². The molecule has 0 amide bonds. The number of rotatable bonds is 2. The average Bonchev–Trinajstić information content (AvgIpc) is 3.10. The Morgan fingerprint density at radius 3 is 1.88 bits per heavy atom. The molecule has 0 fully saturated rings. The second kappa shape index (κ2) is 5.69. The molecule has 0 radical (unpaired) electrons. The first-order valence-corrected chi connectivity index (χ1v) is 16.2. The molecule has 1 heterocycles. The first kappa shape index (κ1) is 19.2. The standard InChI is InChI=1S/C23H38Si2/c1-15(2)18-11-12-19-22(18)25(9,10)21-14-17(16(3)23(4,5)6)13-20(21)24(19,7)8/h11-18H,1-10H3/t16-,17?,18?/m1/s1. The SMILES string of the molecule is CC(C)C1C=CC2=C1[Si](C)(C)C1=CC([C@@H](C)C(C)(C)C)C=C1[Si]2(C)C. The van der Waals surface area contributed by atoms with Crippen LogP contribution in [0.1, 0.15) is 41.5 Å². The van der Waals surface area contributed by atoms with Crippen LogP contribution in [0.15, 0.2) is 45.1 Å². The third-order valence-corrected chi connectivity index (χ3v) is 15.3. The predicted octanol–water partition coefficient (Wildman–Crippen LogP) is 6.88. The molecule has 0 aromatic rings. The summed E-state index contributed by atoms with van der Waals surface area (Å²) in [4.78, 5) is 0. The molecule has 0 N–H and O–H groups in total. The number of allylic oxidation sites excluding steroid dienone is 8. The lowest BCUT2D eigenvalue weighted by atomic mass is 9.75. The van der Waals surface area contributed by atoms with E-state index in [2.05, 4.69) is 92.0 Å². The molecule has 138 valence electrons. The zero-order valence-corrected chi connectivity index (χ0v) is 20.1. The lowest BCUT2D eigenvalue weighted by Crippen LogP contribution is -2.49. The molecule has 3 rings (SSSR count). The van der Waals surface area contributed by atoms with Gasteiger partial charge in [-0.25, -0.2) is 0 Å². The smallest absolute Gasteiger partial charge is 0.0778 e. The van der Waals surface area contributed by atoms with Crippen LogP contribution in [0.5, 0.6) is 0 Å².